The number of benzene rings is 2. The maximum Gasteiger partial charge on any atom is 0.416 e. The van der Waals surface area contributed by atoms with Crippen molar-refractivity contribution in [2.75, 3.05) is 6.54 Å². The minimum atomic E-state index is -4.42. The number of piperidine rings is 1. The highest BCUT2D eigenvalue weighted by Gasteiger charge is 2.36. The monoisotopic (exact) mass is 465 g/mol. The van der Waals surface area contributed by atoms with E-state index < -0.39 is 35.6 Å². The van der Waals surface area contributed by atoms with E-state index in [1.54, 1.807) is 20.8 Å². The number of amides is 1. The van der Waals surface area contributed by atoms with Crippen LogP contribution in [0.25, 0.3) is 0 Å². The second-order valence-corrected chi connectivity index (χ2v) is 9.29. The van der Waals surface area contributed by atoms with E-state index in [1.807, 2.05) is 30.3 Å². The molecule has 1 aliphatic heterocycles. The Balaban J connectivity index is 1.82. The minimum absolute atomic E-state index is 0.154. The lowest BCUT2D eigenvalue weighted by Crippen LogP contribution is -2.51. The van der Waals surface area contributed by atoms with E-state index in [2.05, 4.69) is 0 Å². The van der Waals surface area contributed by atoms with Crippen molar-refractivity contribution in [2.24, 2.45) is 0 Å². The quantitative estimate of drug-likeness (QED) is 0.591. The Morgan fingerprint density at radius 2 is 1.70 bits per heavy atom. The highest BCUT2D eigenvalue weighted by Crippen LogP contribution is 2.34. The van der Waals surface area contributed by atoms with Crippen molar-refractivity contribution >= 4 is 6.09 Å². The van der Waals surface area contributed by atoms with Crippen LogP contribution in [0.15, 0.2) is 54.6 Å². The SMILES string of the molecule is CC(C)(C)OC(=O)N1CC(O)CCC1CC(Oc1ccc(C(F)(F)F)cc1)c1ccccc1. The zero-order valence-electron chi connectivity index (χ0n) is 19.0. The lowest BCUT2D eigenvalue weighted by molar-refractivity contribution is -0.137. The summed E-state index contributed by atoms with van der Waals surface area (Å²) in [6.45, 7) is 5.49. The molecule has 1 amide bonds. The van der Waals surface area contributed by atoms with Crippen molar-refractivity contribution in [3.63, 3.8) is 0 Å². The summed E-state index contributed by atoms with van der Waals surface area (Å²) in [4.78, 5) is 14.4. The number of carbonyl (C=O) groups excluding carboxylic acids is 1. The number of aliphatic hydroxyl groups excluding tert-OH is 1. The highest BCUT2D eigenvalue weighted by atomic mass is 19.4. The van der Waals surface area contributed by atoms with E-state index >= 15 is 0 Å². The molecule has 0 radical (unpaired) electrons. The Morgan fingerprint density at radius 1 is 1.06 bits per heavy atom. The van der Waals surface area contributed by atoms with Gasteiger partial charge in [-0.2, -0.15) is 13.2 Å². The molecule has 2 aromatic carbocycles. The van der Waals surface area contributed by atoms with E-state index in [0.717, 1.165) is 17.7 Å². The third-order valence-corrected chi connectivity index (χ3v) is 5.43. The van der Waals surface area contributed by atoms with Crippen LogP contribution in [0.2, 0.25) is 0 Å². The van der Waals surface area contributed by atoms with E-state index in [-0.39, 0.29) is 12.6 Å². The van der Waals surface area contributed by atoms with Crippen LogP contribution < -0.4 is 4.74 Å². The van der Waals surface area contributed by atoms with Crippen LogP contribution in [0.5, 0.6) is 5.75 Å². The van der Waals surface area contributed by atoms with Crippen LogP contribution in [-0.4, -0.2) is 40.4 Å². The van der Waals surface area contributed by atoms with E-state index in [4.69, 9.17) is 9.47 Å². The van der Waals surface area contributed by atoms with Gasteiger partial charge in [0.2, 0.25) is 0 Å². The van der Waals surface area contributed by atoms with Gasteiger partial charge in [0, 0.05) is 12.5 Å². The van der Waals surface area contributed by atoms with Crippen LogP contribution in [0.4, 0.5) is 18.0 Å². The molecule has 5 nitrogen and oxygen atoms in total. The van der Waals surface area contributed by atoms with Crippen LogP contribution in [0, 0.1) is 0 Å². The number of hydrogen-bond donors (Lipinski definition) is 1. The first-order chi connectivity index (χ1) is 15.4. The molecule has 2 aromatic rings. The zero-order valence-corrected chi connectivity index (χ0v) is 19.0. The van der Waals surface area contributed by atoms with Gasteiger partial charge < -0.3 is 19.5 Å². The molecule has 3 unspecified atom stereocenters. The first-order valence-electron chi connectivity index (χ1n) is 11.0. The van der Waals surface area contributed by atoms with Gasteiger partial charge in [0.15, 0.2) is 0 Å². The van der Waals surface area contributed by atoms with Gasteiger partial charge in [-0.3, -0.25) is 0 Å². The summed E-state index contributed by atoms with van der Waals surface area (Å²) in [7, 11) is 0. The summed E-state index contributed by atoms with van der Waals surface area (Å²) in [6.07, 6.45) is -4.59. The maximum absolute atomic E-state index is 12.9. The first-order valence-corrected chi connectivity index (χ1v) is 11.0. The number of halogens is 3. The molecule has 0 bridgehead atoms. The van der Waals surface area contributed by atoms with Gasteiger partial charge in [0.25, 0.3) is 0 Å². The molecule has 8 heteroatoms. The normalized spacial score (nSPS) is 20.3. The molecule has 1 saturated heterocycles. The van der Waals surface area contributed by atoms with Gasteiger partial charge >= 0.3 is 12.3 Å². The molecular formula is C25H30F3NO4. The topological polar surface area (TPSA) is 59.0 Å². The number of ether oxygens (including phenoxy) is 2. The molecule has 3 rings (SSSR count). The van der Waals surface area contributed by atoms with E-state index in [1.165, 1.54) is 17.0 Å². The van der Waals surface area contributed by atoms with Gasteiger partial charge in [-0.15, -0.1) is 0 Å². The second kappa shape index (κ2) is 10.0. The zero-order chi connectivity index (χ0) is 24.2. The molecule has 0 saturated carbocycles. The molecule has 33 heavy (non-hydrogen) atoms. The number of hydrogen-bond acceptors (Lipinski definition) is 4. The van der Waals surface area contributed by atoms with Gasteiger partial charge in [-0.1, -0.05) is 30.3 Å². The number of alkyl halides is 3. The van der Waals surface area contributed by atoms with Crippen molar-refractivity contribution in [3.05, 3.63) is 65.7 Å². The molecule has 1 aliphatic rings. The van der Waals surface area contributed by atoms with Gasteiger partial charge in [0.1, 0.15) is 17.5 Å². The van der Waals surface area contributed by atoms with Gasteiger partial charge in [0.05, 0.1) is 18.2 Å². The van der Waals surface area contributed by atoms with Crippen LogP contribution in [-0.2, 0) is 10.9 Å². The van der Waals surface area contributed by atoms with Crippen LogP contribution in [0.3, 0.4) is 0 Å². The molecule has 0 aromatic heterocycles. The second-order valence-electron chi connectivity index (χ2n) is 9.29. The molecule has 1 heterocycles. The Kier molecular flexibility index (Phi) is 7.57. The van der Waals surface area contributed by atoms with Crippen molar-refractivity contribution in [2.45, 2.75) is 70.1 Å². The summed E-state index contributed by atoms with van der Waals surface area (Å²) in [5, 5.41) is 10.2. The van der Waals surface area contributed by atoms with Crippen molar-refractivity contribution < 1.29 is 32.5 Å². The number of likely N-dealkylation sites (tertiary alicyclic amines) is 1. The fraction of sp³-hybridized carbons (Fsp3) is 0.480. The number of aliphatic hydroxyl groups is 1. The van der Waals surface area contributed by atoms with Crippen LogP contribution in [0.1, 0.15) is 57.3 Å². The van der Waals surface area contributed by atoms with Crippen molar-refractivity contribution in [3.8, 4) is 5.75 Å². The summed E-state index contributed by atoms with van der Waals surface area (Å²) in [5.74, 6) is 0.302. The molecule has 1 N–H and O–H groups in total. The fourth-order valence-electron chi connectivity index (χ4n) is 3.85. The average Bonchev–Trinajstić information content (AvgIpc) is 2.73. The Morgan fingerprint density at radius 3 is 2.27 bits per heavy atom. The van der Waals surface area contributed by atoms with E-state index in [9.17, 15) is 23.1 Å². The first kappa shape index (κ1) is 24.9. The summed E-state index contributed by atoms with van der Waals surface area (Å²) >= 11 is 0. The minimum Gasteiger partial charge on any atom is -0.486 e. The summed E-state index contributed by atoms with van der Waals surface area (Å²) in [6, 6.07) is 13.6. The largest absolute Gasteiger partial charge is 0.486 e. The lowest BCUT2D eigenvalue weighted by Gasteiger charge is -2.40. The highest BCUT2D eigenvalue weighted by molar-refractivity contribution is 5.68. The molecule has 0 spiro atoms. The van der Waals surface area contributed by atoms with Gasteiger partial charge in [-0.05, 0) is 63.4 Å². The summed E-state index contributed by atoms with van der Waals surface area (Å²) in [5.41, 5.74) is -0.587. The van der Waals surface area contributed by atoms with Crippen molar-refractivity contribution in [1.29, 1.82) is 0 Å². The van der Waals surface area contributed by atoms with E-state index in [0.29, 0.717) is 25.0 Å². The third-order valence-electron chi connectivity index (χ3n) is 5.43. The number of rotatable bonds is 5. The number of β-amino-alcohol motifs (C(OH)–C–C–N with tert-alkyl or cyclic N) is 1. The Hall–Kier alpha value is -2.74. The maximum atomic E-state index is 12.9. The predicted octanol–water partition coefficient (Wildman–Crippen LogP) is 5.98. The lowest BCUT2D eigenvalue weighted by atomic mass is 9.93. The molecular weight excluding hydrogens is 435 g/mol. The number of nitrogens with zero attached hydrogens (tertiary/aromatic N) is 1. The Bertz CT molecular complexity index is 910. The molecule has 180 valence electrons. The fourth-order valence-corrected chi connectivity index (χ4v) is 3.85. The van der Waals surface area contributed by atoms with Crippen molar-refractivity contribution in [1.82, 2.24) is 4.90 Å². The number of carbonyl (C=O) groups is 1. The molecule has 0 aliphatic carbocycles. The standard InChI is InChI=1S/C25H30F3NO4/c1-24(2,3)33-23(31)29-16-20(30)12-11-19(29)15-22(17-7-5-4-6-8-17)32-21-13-9-18(10-14-21)25(26,27)28/h4-10,13-14,19-20,22,30H,11-12,15-16H2,1-3H3. The van der Waals surface area contributed by atoms with Gasteiger partial charge in [-0.25, -0.2) is 4.79 Å². The third kappa shape index (κ3) is 7.12. The summed E-state index contributed by atoms with van der Waals surface area (Å²) < 4.78 is 50.4. The molecule has 3 atom stereocenters. The van der Waals surface area contributed by atoms with Crippen LogP contribution >= 0.6 is 0 Å². The average molecular weight is 466 g/mol. The Labute approximate surface area is 192 Å². The smallest absolute Gasteiger partial charge is 0.416 e. The predicted molar refractivity (Wildman–Crippen MR) is 118 cm³/mol. The molecule has 1 fully saturated rings.